The first-order chi connectivity index (χ1) is 10.8. The summed E-state index contributed by atoms with van der Waals surface area (Å²) < 4.78 is 5.30. The first-order valence-electron chi connectivity index (χ1n) is 8.12. The summed E-state index contributed by atoms with van der Waals surface area (Å²) >= 11 is 1.77. The van der Waals surface area contributed by atoms with Crippen LogP contribution in [0.2, 0.25) is 0 Å². The fourth-order valence-electron chi connectivity index (χ4n) is 3.67. The van der Waals surface area contributed by atoms with Crippen molar-refractivity contribution in [2.75, 3.05) is 13.1 Å². The molecule has 2 aliphatic rings. The van der Waals surface area contributed by atoms with Crippen LogP contribution in [0.5, 0.6) is 0 Å². The summed E-state index contributed by atoms with van der Waals surface area (Å²) in [5.74, 6) is 1.41. The molecule has 5 heteroatoms. The highest BCUT2D eigenvalue weighted by atomic mass is 32.1. The van der Waals surface area contributed by atoms with E-state index in [0.717, 1.165) is 50.1 Å². The highest BCUT2D eigenvalue weighted by Gasteiger charge is 2.29. The largest absolute Gasteiger partial charge is 0.361 e. The lowest BCUT2D eigenvalue weighted by atomic mass is 9.93. The number of amides is 1. The van der Waals surface area contributed by atoms with Crippen molar-refractivity contribution < 1.29 is 9.32 Å². The van der Waals surface area contributed by atoms with Gasteiger partial charge in [-0.3, -0.25) is 4.79 Å². The predicted octanol–water partition coefficient (Wildman–Crippen LogP) is 3.63. The minimum atomic E-state index is 0.212. The molecule has 0 bridgehead atoms. The fraction of sp³-hybridized carbons (Fsp3) is 0.529. The van der Waals surface area contributed by atoms with Gasteiger partial charge in [-0.15, -0.1) is 11.3 Å². The minimum Gasteiger partial charge on any atom is -0.361 e. The van der Waals surface area contributed by atoms with Gasteiger partial charge in [0.05, 0.1) is 11.8 Å². The first kappa shape index (κ1) is 14.0. The average Bonchev–Trinajstić information content (AvgIpc) is 3.24. The van der Waals surface area contributed by atoms with Crippen LogP contribution in [0.4, 0.5) is 0 Å². The van der Waals surface area contributed by atoms with Crippen molar-refractivity contribution >= 4 is 17.2 Å². The SMILES string of the molecule is O=C(c1csc2c1CCCC2)N1CCC[C@H](c2ccno2)C1. The van der Waals surface area contributed by atoms with Crippen LogP contribution in [0.1, 0.15) is 58.2 Å². The highest BCUT2D eigenvalue weighted by molar-refractivity contribution is 7.10. The number of aryl methyl sites for hydroxylation is 1. The van der Waals surface area contributed by atoms with E-state index < -0.39 is 0 Å². The van der Waals surface area contributed by atoms with Crippen molar-refractivity contribution in [2.24, 2.45) is 0 Å². The zero-order valence-corrected chi connectivity index (χ0v) is 13.4. The molecule has 1 aliphatic carbocycles. The van der Waals surface area contributed by atoms with Crippen molar-refractivity contribution in [3.05, 3.63) is 39.4 Å². The van der Waals surface area contributed by atoms with Crippen molar-refractivity contribution in [2.45, 2.75) is 44.4 Å². The Morgan fingerprint density at radius 2 is 2.23 bits per heavy atom. The summed E-state index contributed by atoms with van der Waals surface area (Å²) in [6, 6.07) is 1.92. The lowest BCUT2D eigenvalue weighted by Gasteiger charge is -2.31. The molecular formula is C17H20N2O2S. The van der Waals surface area contributed by atoms with Gasteiger partial charge >= 0.3 is 0 Å². The van der Waals surface area contributed by atoms with Crippen molar-refractivity contribution in [3.63, 3.8) is 0 Å². The molecule has 1 aliphatic heterocycles. The lowest BCUT2D eigenvalue weighted by Crippen LogP contribution is -2.39. The number of piperidine rings is 1. The Balaban J connectivity index is 1.54. The molecule has 1 fully saturated rings. The zero-order chi connectivity index (χ0) is 14.9. The predicted molar refractivity (Wildman–Crippen MR) is 85.3 cm³/mol. The second-order valence-corrected chi connectivity index (χ2v) is 7.23. The number of thiophene rings is 1. The Kier molecular flexibility index (Phi) is 3.74. The molecule has 4 rings (SSSR count). The Labute approximate surface area is 134 Å². The zero-order valence-electron chi connectivity index (χ0n) is 12.6. The number of likely N-dealkylation sites (tertiary alicyclic amines) is 1. The molecule has 0 aromatic carbocycles. The number of nitrogens with zero attached hydrogens (tertiary/aromatic N) is 2. The summed E-state index contributed by atoms with van der Waals surface area (Å²) in [6.45, 7) is 1.60. The molecule has 1 atom stereocenters. The summed E-state index contributed by atoms with van der Waals surface area (Å²) in [6.07, 6.45) is 8.48. The van der Waals surface area contributed by atoms with E-state index in [1.807, 2.05) is 11.0 Å². The van der Waals surface area contributed by atoms with Crippen LogP contribution < -0.4 is 0 Å². The third-order valence-corrected chi connectivity index (χ3v) is 5.95. The van der Waals surface area contributed by atoms with Gasteiger partial charge in [-0.2, -0.15) is 0 Å². The molecule has 0 saturated carbocycles. The smallest absolute Gasteiger partial charge is 0.255 e. The number of fused-ring (bicyclic) bond motifs is 1. The van der Waals surface area contributed by atoms with Crippen LogP contribution in [0.3, 0.4) is 0 Å². The van der Waals surface area contributed by atoms with Crippen molar-refractivity contribution in [3.8, 4) is 0 Å². The van der Waals surface area contributed by atoms with Gasteiger partial charge in [0.2, 0.25) is 0 Å². The quantitative estimate of drug-likeness (QED) is 0.850. The van der Waals surface area contributed by atoms with Gasteiger partial charge in [-0.25, -0.2) is 0 Å². The average molecular weight is 316 g/mol. The van der Waals surface area contributed by atoms with Gasteiger partial charge in [-0.1, -0.05) is 5.16 Å². The number of hydrogen-bond acceptors (Lipinski definition) is 4. The first-order valence-corrected chi connectivity index (χ1v) is 9.00. The monoisotopic (exact) mass is 316 g/mol. The lowest BCUT2D eigenvalue weighted by molar-refractivity contribution is 0.0697. The molecule has 4 nitrogen and oxygen atoms in total. The Bertz CT molecular complexity index is 662. The topological polar surface area (TPSA) is 46.3 Å². The van der Waals surface area contributed by atoms with E-state index in [4.69, 9.17) is 4.52 Å². The van der Waals surface area contributed by atoms with Crippen molar-refractivity contribution in [1.82, 2.24) is 10.1 Å². The van der Waals surface area contributed by atoms with Crippen LogP contribution in [0.15, 0.2) is 22.2 Å². The van der Waals surface area contributed by atoms with E-state index in [1.54, 1.807) is 17.5 Å². The number of aromatic nitrogens is 1. The highest BCUT2D eigenvalue weighted by Crippen LogP contribution is 2.33. The van der Waals surface area contributed by atoms with Gasteiger partial charge in [0.25, 0.3) is 5.91 Å². The van der Waals surface area contributed by atoms with Crippen LogP contribution in [0.25, 0.3) is 0 Å². The second kappa shape index (κ2) is 5.88. The maximum Gasteiger partial charge on any atom is 0.255 e. The Hall–Kier alpha value is -1.62. The molecule has 1 saturated heterocycles. The molecule has 3 heterocycles. The molecule has 0 N–H and O–H groups in total. The van der Waals surface area contributed by atoms with Crippen LogP contribution in [-0.4, -0.2) is 29.1 Å². The third-order valence-electron chi connectivity index (χ3n) is 4.86. The van der Waals surface area contributed by atoms with E-state index in [2.05, 4.69) is 10.5 Å². The fourth-order valence-corrected chi connectivity index (χ4v) is 4.79. The normalized spacial score (nSPS) is 21.6. The molecule has 2 aromatic rings. The maximum atomic E-state index is 12.9. The van der Waals surface area contributed by atoms with Crippen LogP contribution >= 0.6 is 11.3 Å². The molecule has 1 amide bonds. The Morgan fingerprint density at radius 1 is 1.32 bits per heavy atom. The molecule has 0 spiro atoms. The van der Waals surface area contributed by atoms with E-state index in [9.17, 15) is 4.79 Å². The third kappa shape index (κ3) is 2.47. The van der Waals surface area contributed by atoms with E-state index in [-0.39, 0.29) is 11.8 Å². The van der Waals surface area contributed by atoms with Crippen molar-refractivity contribution in [1.29, 1.82) is 0 Å². The molecule has 0 radical (unpaired) electrons. The van der Waals surface area contributed by atoms with Gasteiger partial charge in [0.1, 0.15) is 5.76 Å². The molecular weight excluding hydrogens is 296 g/mol. The summed E-state index contributed by atoms with van der Waals surface area (Å²) in [5, 5.41) is 5.88. The maximum absolute atomic E-state index is 12.9. The summed E-state index contributed by atoms with van der Waals surface area (Å²) in [4.78, 5) is 16.4. The van der Waals surface area contributed by atoms with E-state index in [1.165, 1.54) is 23.3 Å². The van der Waals surface area contributed by atoms with Gasteiger partial charge in [-0.05, 0) is 44.1 Å². The molecule has 2 aromatic heterocycles. The molecule has 22 heavy (non-hydrogen) atoms. The second-order valence-electron chi connectivity index (χ2n) is 6.26. The van der Waals surface area contributed by atoms with Gasteiger partial charge < -0.3 is 9.42 Å². The van der Waals surface area contributed by atoms with Gasteiger partial charge in [0, 0.05) is 35.3 Å². The molecule has 116 valence electrons. The number of hydrogen-bond donors (Lipinski definition) is 0. The van der Waals surface area contributed by atoms with E-state index in [0.29, 0.717) is 0 Å². The summed E-state index contributed by atoms with van der Waals surface area (Å²) in [7, 11) is 0. The van der Waals surface area contributed by atoms with Crippen LogP contribution in [0, 0.1) is 0 Å². The van der Waals surface area contributed by atoms with Gasteiger partial charge in [0.15, 0.2) is 0 Å². The minimum absolute atomic E-state index is 0.212. The standard InChI is InChI=1S/C17H20N2O2S/c20-17(14-11-22-16-6-2-1-5-13(14)16)19-9-3-4-12(10-19)15-7-8-18-21-15/h7-8,11-12H,1-6,9-10H2/t12-/m0/s1. The number of carbonyl (C=O) groups excluding carboxylic acids is 1. The molecule has 0 unspecified atom stereocenters. The number of rotatable bonds is 2. The number of carbonyl (C=O) groups is 1. The van der Waals surface area contributed by atoms with E-state index >= 15 is 0 Å². The van der Waals surface area contributed by atoms with Crippen LogP contribution in [-0.2, 0) is 12.8 Å². The summed E-state index contributed by atoms with van der Waals surface area (Å²) in [5.41, 5.74) is 2.28. The Morgan fingerprint density at radius 3 is 3.09 bits per heavy atom.